The molecule has 2 aliphatic heterocycles. The van der Waals surface area contributed by atoms with E-state index in [-0.39, 0.29) is 37.8 Å². The molecule has 4 aromatic carbocycles. The molecule has 6 rings (SSSR count). The largest absolute Gasteiger partial charge is 0.445 e. The second kappa shape index (κ2) is 15.0. The number of hydrogen-bond donors (Lipinski definition) is 2. The molecule has 0 bridgehead atoms. The fourth-order valence-electron chi connectivity index (χ4n) is 5.74. The zero-order valence-corrected chi connectivity index (χ0v) is 26.7. The van der Waals surface area contributed by atoms with Crippen LogP contribution >= 0.6 is 11.8 Å². The van der Waals surface area contributed by atoms with Crippen LogP contribution in [0.3, 0.4) is 0 Å². The van der Waals surface area contributed by atoms with Crippen LogP contribution in [0.1, 0.15) is 48.0 Å². The Morgan fingerprint density at radius 3 is 2.34 bits per heavy atom. The number of alkyl carbamates (subject to hydrolysis) is 1. The van der Waals surface area contributed by atoms with E-state index < -0.39 is 30.2 Å². The van der Waals surface area contributed by atoms with Crippen molar-refractivity contribution in [1.82, 2.24) is 5.32 Å². The zero-order valence-electron chi connectivity index (χ0n) is 25.9. The third kappa shape index (κ3) is 7.74. The molecule has 0 aliphatic carbocycles. The van der Waals surface area contributed by atoms with Crippen LogP contribution in [0.15, 0.2) is 114 Å². The number of rotatable bonds is 10. The first-order valence-corrected chi connectivity index (χ1v) is 16.5. The second-order valence-electron chi connectivity index (χ2n) is 11.6. The molecule has 47 heavy (non-hydrogen) atoms. The average Bonchev–Trinajstić information content (AvgIpc) is 3.39. The molecule has 10 heteroatoms. The van der Waals surface area contributed by atoms with Crippen molar-refractivity contribution in [3.05, 3.63) is 131 Å². The summed E-state index contributed by atoms with van der Waals surface area (Å²) in [4.78, 5) is 41.1. The Balaban J connectivity index is 1.18. The number of nitrogens with zero attached hydrogens (tertiary/aromatic N) is 1. The van der Waals surface area contributed by atoms with Crippen molar-refractivity contribution in [3.8, 4) is 0 Å². The SMILES string of the molecule is C[C@@H]1[C@H](CSc2ccccc2)O[C@H](c2cccc(N3C(=O)CC(NC(=O)OCc4ccccc4)C3=O)c2)O[C@@H]1c1ccc(CO)cc1. The first-order chi connectivity index (χ1) is 22.9. The summed E-state index contributed by atoms with van der Waals surface area (Å²) in [6.07, 6.45) is -2.22. The molecule has 3 amide bonds. The van der Waals surface area contributed by atoms with Gasteiger partial charge < -0.3 is 24.6 Å². The molecule has 2 saturated heterocycles. The molecule has 0 spiro atoms. The molecular weight excluding hydrogens is 616 g/mol. The predicted molar refractivity (Wildman–Crippen MR) is 177 cm³/mol. The van der Waals surface area contributed by atoms with Gasteiger partial charge in [-0.1, -0.05) is 91.9 Å². The molecule has 242 valence electrons. The first kappa shape index (κ1) is 32.5. The van der Waals surface area contributed by atoms with Crippen LogP contribution in [0.2, 0.25) is 0 Å². The molecular formula is C37H36N2O7S. The van der Waals surface area contributed by atoms with E-state index in [4.69, 9.17) is 14.2 Å². The van der Waals surface area contributed by atoms with E-state index >= 15 is 0 Å². The predicted octanol–water partition coefficient (Wildman–Crippen LogP) is 6.32. The Labute approximate surface area is 277 Å². The van der Waals surface area contributed by atoms with Crippen molar-refractivity contribution in [2.24, 2.45) is 5.92 Å². The van der Waals surface area contributed by atoms with E-state index in [1.54, 1.807) is 30.0 Å². The highest BCUT2D eigenvalue weighted by Crippen LogP contribution is 2.43. The van der Waals surface area contributed by atoms with Gasteiger partial charge in [0.1, 0.15) is 12.6 Å². The molecule has 0 saturated carbocycles. The smallest absolute Gasteiger partial charge is 0.408 e. The third-order valence-electron chi connectivity index (χ3n) is 8.33. The Kier molecular flexibility index (Phi) is 10.3. The monoisotopic (exact) mass is 652 g/mol. The van der Waals surface area contributed by atoms with Gasteiger partial charge in [0.05, 0.1) is 30.9 Å². The first-order valence-electron chi connectivity index (χ1n) is 15.5. The fraction of sp³-hybridized carbons (Fsp3) is 0.270. The van der Waals surface area contributed by atoms with E-state index in [1.807, 2.05) is 78.9 Å². The molecule has 2 fully saturated rings. The van der Waals surface area contributed by atoms with Gasteiger partial charge in [0, 0.05) is 22.1 Å². The minimum atomic E-state index is -1.04. The minimum absolute atomic E-state index is 0.000776. The number of carbonyl (C=O) groups excluding carboxylic acids is 3. The Bertz CT molecular complexity index is 1690. The molecule has 5 atom stereocenters. The third-order valence-corrected chi connectivity index (χ3v) is 9.43. The number of anilines is 1. The van der Waals surface area contributed by atoms with Crippen LogP contribution in [-0.2, 0) is 37.0 Å². The maximum Gasteiger partial charge on any atom is 0.408 e. The van der Waals surface area contributed by atoms with E-state index in [0.717, 1.165) is 26.5 Å². The van der Waals surface area contributed by atoms with Gasteiger partial charge in [-0.05, 0) is 41.0 Å². The van der Waals surface area contributed by atoms with Crippen LogP contribution < -0.4 is 10.2 Å². The Morgan fingerprint density at radius 2 is 1.62 bits per heavy atom. The van der Waals surface area contributed by atoms with E-state index in [2.05, 4.69) is 24.4 Å². The van der Waals surface area contributed by atoms with Crippen LogP contribution in [-0.4, -0.2) is 40.9 Å². The number of hydrogen-bond acceptors (Lipinski definition) is 8. The summed E-state index contributed by atoms with van der Waals surface area (Å²) in [5.41, 5.74) is 3.60. The normalized spacial score (nSPS) is 22.7. The van der Waals surface area contributed by atoms with E-state index in [1.165, 1.54) is 0 Å². The number of nitrogens with one attached hydrogen (secondary N) is 1. The lowest BCUT2D eigenvalue weighted by atomic mass is 9.91. The molecule has 2 N–H and O–H groups in total. The maximum absolute atomic E-state index is 13.4. The summed E-state index contributed by atoms with van der Waals surface area (Å²) in [6.45, 7) is 2.10. The van der Waals surface area contributed by atoms with Gasteiger partial charge in [-0.25, -0.2) is 9.69 Å². The molecule has 2 aliphatic rings. The van der Waals surface area contributed by atoms with Crippen molar-refractivity contribution in [1.29, 1.82) is 0 Å². The molecule has 2 heterocycles. The van der Waals surface area contributed by atoms with Gasteiger partial charge in [0.2, 0.25) is 5.91 Å². The lowest BCUT2D eigenvalue weighted by molar-refractivity contribution is -0.268. The highest BCUT2D eigenvalue weighted by atomic mass is 32.2. The Hall–Kier alpha value is -4.48. The van der Waals surface area contributed by atoms with Gasteiger partial charge >= 0.3 is 6.09 Å². The number of thioether (sulfide) groups is 1. The summed E-state index contributed by atoms with van der Waals surface area (Å²) in [5, 5.41) is 12.1. The van der Waals surface area contributed by atoms with Crippen molar-refractivity contribution < 1.29 is 33.7 Å². The standard InChI is InChI=1S/C37H36N2O7S/c1-24-32(23-47-30-13-6-3-7-14-30)45-36(46-34(24)27-17-15-25(21-40)16-18-27)28-11-8-12-29(19-28)39-33(41)20-31(35(39)42)38-37(43)44-22-26-9-4-2-5-10-26/h2-19,24,31-32,34,36,40H,20-23H2,1H3,(H,38,43)/t24-,31?,32+,34+,36+/m1/s1. The number of benzene rings is 4. The summed E-state index contributed by atoms with van der Waals surface area (Å²) in [7, 11) is 0. The van der Waals surface area contributed by atoms with Crippen LogP contribution in [0.4, 0.5) is 10.5 Å². The van der Waals surface area contributed by atoms with Crippen molar-refractivity contribution in [2.45, 2.75) is 56.0 Å². The van der Waals surface area contributed by atoms with Gasteiger partial charge in [-0.2, -0.15) is 0 Å². The highest BCUT2D eigenvalue weighted by Gasteiger charge is 2.42. The van der Waals surface area contributed by atoms with Crippen LogP contribution in [0.25, 0.3) is 0 Å². The van der Waals surface area contributed by atoms with Crippen molar-refractivity contribution in [2.75, 3.05) is 10.7 Å². The maximum atomic E-state index is 13.4. The lowest BCUT2D eigenvalue weighted by Gasteiger charge is -2.41. The topological polar surface area (TPSA) is 114 Å². The van der Waals surface area contributed by atoms with Gasteiger partial charge in [-0.15, -0.1) is 11.8 Å². The van der Waals surface area contributed by atoms with Crippen LogP contribution in [0, 0.1) is 5.92 Å². The zero-order chi connectivity index (χ0) is 32.8. The molecule has 0 radical (unpaired) electrons. The number of ether oxygens (including phenoxy) is 3. The van der Waals surface area contributed by atoms with E-state index in [0.29, 0.717) is 17.0 Å². The molecule has 0 aromatic heterocycles. The Morgan fingerprint density at radius 1 is 0.894 bits per heavy atom. The molecule has 4 aromatic rings. The number of amides is 3. The molecule has 9 nitrogen and oxygen atoms in total. The van der Waals surface area contributed by atoms with E-state index in [9.17, 15) is 19.5 Å². The van der Waals surface area contributed by atoms with Gasteiger partial charge in [0.15, 0.2) is 6.29 Å². The fourth-order valence-corrected chi connectivity index (χ4v) is 6.83. The van der Waals surface area contributed by atoms with Gasteiger partial charge in [0.25, 0.3) is 5.91 Å². The number of imide groups is 1. The number of aliphatic hydroxyl groups is 1. The minimum Gasteiger partial charge on any atom is -0.445 e. The average molecular weight is 653 g/mol. The molecule has 1 unspecified atom stereocenters. The van der Waals surface area contributed by atoms with Gasteiger partial charge in [-0.3, -0.25) is 9.59 Å². The number of carbonyl (C=O) groups is 3. The quantitative estimate of drug-likeness (QED) is 0.151. The second-order valence-corrected chi connectivity index (χ2v) is 12.7. The summed E-state index contributed by atoms with van der Waals surface area (Å²) >= 11 is 1.71. The summed E-state index contributed by atoms with van der Waals surface area (Å²) in [5.74, 6) is -0.284. The van der Waals surface area contributed by atoms with Crippen molar-refractivity contribution in [3.63, 3.8) is 0 Å². The number of aliphatic hydroxyl groups excluding tert-OH is 1. The highest BCUT2D eigenvalue weighted by molar-refractivity contribution is 7.99. The van der Waals surface area contributed by atoms with Crippen molar-refractivity contribution >= 4 is 35.4 Å². The summed E-state index contributed by atoms with van der Waals surface area (Å²) in [6, 6.07) is 33.0. The van der Waals surface area contributed by atoms with Crippen LogP contribution in [0.5, 0.6) is 0 Å². The summed E-state index contributed by atoms with van der Waals surface area (Å²) < 4.78 is 18.4. The lowest BCUT2D eigenvalue weighted by Crippen LogP contribution is -2.42.